The van der Waals surface area contributed by atoms with E-state index in [4.69, 9.17) is 0 Å². The maximum Gasteiger partial charge on any atom is 0.0611 e. The summed E-state index contributed by atoms with van der Waals surface area (Å²) in [6.45, 7) is 12.5. The number of hydrogen-bond donors (Lipinski definition) is 2. The molecule has 1 heterocycles. The molecule has 19 heavy (non-hydrogen) atoms. The fourth-order valence-electron chi connectivity index (χ4n) is 3.21. The average molecular weight is 270 g/mol. The Morgan fingerprint density at radius 1 is 1.32 bits per heavy atom. The van der Waals surface area contributed by atoms with Crippen LogP contribution in [0.2, 0.25) is 0 Å². The minimum absolute atomic E-state index is 0.131. The first-order chi connectivity index (χ1) is 8.99. The van der Waals surface area contributed by atoms with Gasteiger partial charge in [-0.1, -0.05) is 33.6 Å². The van der Waals surface area contributed by atoms with Gasteiger partial charge in [0.05, 0.1) is 6.61 Å². The van der Waals surface area contributed by atoms with Crippen LogP contribution in [0.4, 0.5) is 0 Å². The first kappa shape index (κ1) is 16.9. The highest BCUT2D eigenvalue weighted by Gasteiger charge is 2.26. The van der Waals surface area contributed by atoms with E-state index < -0.39 is 0 Å². The molecule has 0 aromatic rings. The number of rotatable bonds is 8. The van der Waals surface area contributed by atoms with Crippen LogP contribution in [0.1, 0.15) is 59.8 Å². The van der Waals surface area contributed by atoms with Gasteiger partial charge >= 0.3 is 0 Å². The highest BCUT2D eigenvalue weighted by atomic mass is 16.3. The number of piperidine rings is 1. The van der Waals surface area contributed by atoms with Crippen LogP contribution in [0.5, 0.6) is 0 Å². The second-order valence-corrected chi connectivity index (χ2v) is 6.84. The van der Waals surface area contributed by atoms with Gasteiger partial charge in [-0.3, -0.25) is 0 Å². The Kier molecular flexibility index (Phi) is 7.33. The van der Waals surface area contributed by atoms with Gasteiger partial charge in [-0.15, -0.1) is 0 Å². The maximum absolute atomic E-state index is 9.59. The van der Waals surface area contributed by atoms with Gasteiger partial charge in [0.15, 0.2) is 0 Å². The van der Waals surface area contributed by atoms with Gasteiger partial charge in [0.25, 0.3) is 0 Å². The molecular formula is C16H34N2O. The third-order valence-electron chi connectivity index (χ3n) is 4.37. The molecule has 1 fully saturated rings. The quantitative estimate of drug-likeness (QED) is 0.712. The fourth-order valence-corrected chi connectivity index (χ4v) is 3.21. The van der Waals surface area contributed by atoms with Gasteiger partial charge in [0, 0.05) is 11.6 Å². The summed E-state index contributed by atoms with van der Waals surface area (Å²) in [4.78, 5) is 2.57. The van der Waals surface area contributed by atoms with E-state index in [9.17, 15) is 5.11 Å². The van der Waals surface area contributed by atoms with Crippen molar-refractivity contribution in [2.75, 3.05) is 26.2 Å². The SMILES string of the molecule is CCCC1CCN(CCC(C)(CO)NC(C)C)CC1. The zero-order valence-electron chi connectivity index (χ0n) is 13.4. The van der Waals surface area contributed by atoms with Gasteiger partial charge in [-0.25, -0.2) is 0 Å². The lowest BCUT2D eigenvalue weighted by Gasteiger charge is -2.36. The van der Waals surface area contributed by atoms with Crippen molar-refractivity contribution in [3.05, 3.63) is 0 Å². The van der Waals surface area contributed by atoms with Crippen molar-refractivity contribution in [1.29, 1.82) is 0 Å². The van der Waals surface area contributed by atoms with Crippen LogP contribution in [0.3, 0.4) is 0 Å². The summed E-state index contributed by atoms with van der Waals surface area (Å²) in [7, 11) is 0. The number of aliphatic hydroxyl groups is 1. The Morgan fingerprint density at radius 3 is 2.42 bits per heavy atom. The van der Waals surface area contributed by atoms with Gasteiger partial charge < -0.3 is 15.3 Å². The van der Waals surface area contributed by atoms with E-state index in [1.165, 1.54) is 38.8 Å². The molecule has 0 amide bonds. The number of nitrogens with zero attached hydrogens (tertiary/aromatic N) is 1. The third kappa shape index (κ3) is 6.24. The summed E-state index contributed by atoms with van der Waals surface area (Å²) in [5.41, 5.74) is -0.131. The molecule has 3 heteroatoms. The van der Waals surface area contributed by atoms with E-state index in [0.717, 1.165) is 18.9 Å². The van der Waals surface area contributed by atoms with Crippen LogP contribution in [0, 0.1) is 5.92 Å². The van der Waals surface area contributed by atoms with Crippen molar-refractivity contribution in [3.63, 3.8) is 0 Å². The molecule has 0 aromatic heterocycles. The van der Waals surface area contributed by atoms with Crippen molar-refractivity contribution < 1.29 is 5.11 Å². The molecule has 0 radical (unpaired) electrons. The number of aliphatic hydroxyl groups excluding tert-OH is 1. The Hall–Kier alpha value is -0.120. The number of nitrogens with one attached hydrogen (secondary N) is 1. The molecule has 0 aromatic carbocycles. The monoisotopic (exact) mass is 270 g/mol. The first-order valence-corrected chi connectivity index (χ1v) is 8.10. The van der Waals surface area contributed by atoms with E-state index in [0.29, 0.717) is 6.04 Å². The topological polar surface area (TPSA) is 35.5 Å². The van der Waals surface area contributed by atoms with Crippen LogP contribution in [-0.4, -0.2) is 47.8 Å². The summed E-state index contributed by atoms with van der Waals surface area (Å²) in [6, 6.07) is 0.424. The van der Waals surface area contributed by atoms with E-state index in [1.54, 1.807) is 0 Å². The molecule has 3 nitrogen and oxygen atoms in total. The van der Waals surface area contributed by atoms with E-state index in [2.05, 4.69) is 37.9 Å². The molecule has 0 aliphatic carbocycles. The van der Waals surface area contributed by atoms with Gasteiger partial charge in [-0.2, -0.15) is 0 Å². The van der Waals surface area contributed by atoms with Crippen LogP contribution < -0.4 is 5.32 Å². The van der Waals surface area contributed by atoms with Crippen LogP contribution in [0.25, 0.3) is 0 Å². The molecule has 1 aliphatic heterocycles. The molecule has 1 saturated heterocycles. The van der Waals surface area contributed by atoms with E-state index in [1.807, 2.05) is 0 Å². The van der Waals surface area contributed by atoms with Gasteiger partial charge in [-0.05, 0) is 51.7 Å². The predicted octanol–water partition coefficient (Wildman–Crippen LogP) is 2.64. The van der Waals surface area contributed by atoms with Crippen LogP contribution in [0.15, 0.2) is 0 Å². The highest BCUT2D eigenvalue weighted by Crippen LogP contribution is 2.22. The molecule has 1 rings (SSSR count). The van der Waals surface area contributed by atoms with Crippen molar-refractivity contribution in [3.8, 4) is 0 Å². The lowest BCUT2D eigenvalue weighted by Crippen LogP contribution is -2.51. The highest BCUT2D eigenvalue weighted by molar-refractivity contribution is 4.85. The zero-order valence-corrected chi connectivity index (χ0v) is 13.4. The summed E-state index contributed by atoms with van der Waals surface area (Å²) in [6.07, 6.45) is 6.48. The molecule has 0 saturated carbocycles. The maximum atomic E-state index is 9.59. The molecule has 0 spiro atoms. The summed E-state index contributed by atoms with van der Waals surface area (Å²) < 4.78 is 0. The summed E-state index contributed by atoms with van der Waals surface area (Å²) >= 11 is 0. The Morgan fingerprint density at radius 2 is 1.95 bits per heavy atom. The summed E-state index contributed by atoms with van der Waals surface area (Å²) in [5.74, 6) is 0.958. The van der Waals surface area contributed by atoms with Gasteiger partial charge in [0.2, 0.25) is 0 Å². The van der Waals surface area contributed by atoms with E-state index >= 15 is 0 Å². The van der Waals surface area contributed by atoms with Gasteiger partial charge in [0.1, 0.15) is 0 Å². The predicted molar refractivity (Wildman–Crippen MR) is 82.5 cm³/mol. The van der Waals surface area contributed by atoms with Crippen molar-refractivity contribution >= 4 is 0 Å². The molecule has 1 unspecified atom stereocenters. The Bertz CT molecular complexity index is 237. The fraction of sp³-hybridized carbons (Fsp3) is 1.00. The second kappa shape index (κ2) is 8.23. The number of likely N-dealkylation sites (tertiary alicyclic amines) is 1. The Balaban J connectivity index is 2.28. The standard InChI is InChI=1S/C16H34N2O/c1-5-6-15-7-10-18(11-8-15)12-9-16(4,13-19)17-14(2)3/h14-15,17,19H,5-13H2,1-4H3. The smallest absolute Gasteiger partial charge is 0.0611 e. The van der Waals surface area contributed by atoms with Crippen molar-refractivity contribution in [2.45, 2.75) is 71.4 Å². The van der Waals surface area contributed by atoms with E-state index in [-0.39, 0.29) is 12.1 Å². The molecular weight excluding hydrogens is 236 g/mol. The molecule has 114 valence electrons. The largest absolute Gasteiger partial charge is 0.394 e. The van der Waals surface area contributed by atoms with Crippen LogP contribution >= 0.6 is 0 Å². The second-order valence-electron chi connectivity index (χ2n) is 6.84. The third-order valence-corrected chi connectivity index (χ3v) is 4.37. The molecule has 2 N–H and O–H groups in total. The van der Waals surface area contributed by atoms with Crippen LogP contribution in [-0.2, 0) is 0 Å². The molecule has 1 aliphatic rings. The first-order valence-electron chi connectivity index (χ1n) is 8.10. The van der Waals surface area contributed by atoms with Crippen molar-refractivity contribution in [2.24, 2.45) is 5.92 Å². The average Bonchev–Trinajstić information content (AvgIpc) is 2.38. The Labute approximate surface area is 119 Å². The minimum Gasteiger partial charge on any atom is -0.394 e. The van der Waals surface area contributed by atoms with Crippen molar-refractivity contribution in [1.82, 2.24) is 10.2 Å². The summed E-state index contributed by atoms with van der Waals surface area (Å²) in [5, 5.41) is 13.1. The normalized spacial score (nSPS) is 21.8. The molecule has 0 bridgehead atoms. The minimum atomic E-state index is -0.131. The lowest BCUT2D eigenvalue weighted by molar-refractivity contribution is 0.120. The lowest BCUT2D eigenvalue weighted by atomic mass is 9.91. The molecule has 1 atom stereocenters. The zero-order chi connectivity index (χ0) is 14.3. The number of hydrogen-bond acceptors (Lipinski definition) is 3.